The molecule has 0 unspecified atom stereocenters. The van der Waals surface area contributed by atoms with Crippen molar-refractivity contribution in [2.75, 3.05) is 10.6 Å². The summed E-state index contributed by atoms with van der Waals surface area (Å²) in [6, 6.07) is 9.26. The number of nitrogens with zero attached hydrogens (tertiary/aromatic N) is 2. The first-order chi connectivity index (χ1) is 12.6. The van der Waals surface area contributed by atoms with Gasteiger partial charge in [-0.25, -0.2) is 4.98 Å². The number of hydrogen-bond acceptors (Lipinski definition) is 4. The molecule has 0 bridgehead atoms. The summed E-state index contributed by atoms with van der Waals surface area (Å²) in [7, 11) is 0. The van der Waals surface area contributed by atoms with Crippen LogP contribution in [0.5, 0.6) is 0 Å². The number of nitrogens with one attached hydrogen (secondary N) is 2. The fourth-order valence-electron chi connectivity index (χ4n) is 3.98. The third-order valence-electron chi connectivity index (χ3n) is 5.59. The lowest BCUT2D eigenvalue weighted by atomic mass is 9.98. The second-order valence-electron chi connectivity index (χ2n) is 8.25. The quantitative estimate of drug-likeness (QED) is 0.682. The van der Waals surface area contributed by atoms with Gasteiger partial charge in [-0.3, -0.25) is 0 Å². The lowest BCUT2D eigenvalue weighted by Crippen LogP contribution is -2.17. The normalized spacial score (nSPS) is 17.7. The molecule has 0 saturated heterocycles. The van der Waals surface area contributed by atoms with Crippen LogP contribution >= 0.6 is 0 Å². The minimum Gasteiger partial charge on any atom is -0.351 e. The molecule has 0 radical (unpaired) electrons. The number of rotatable bonds is 6. The molecule has 138 valence electrons. The molecule has 2 aromatic rings. The van der Waals surface area contributed by atoms with Crippen LogP contribution in [0.3, 0.4) is 0 Å². The van der Waals surface area contributed by atoms with Crippen LogP contribution in [-0.2, 0) is 0 Å². The van der Waals surface area contributed by atoms with Crippen molar-refractivity contribution in [3.8, 4) is 0 Å². The Labute approximate surface area is 156 Å². The Hall–Kier alpha value is -2.10. The zero-order valence-electron chi connectivity index (χ0n) is 16.2. The molecule has 4 nitrogen and oxygen atoms in total. The molecule has 26 heavy (non-hydrogen) atoms. The summed E-state index contributed by atoms with van der Waals surface area (Å²) in [5, 5.41) is 7.07. The first kappa shape index (κ1) is 17.3. The first-order valence-electron chi connectivity index (χ1n) is 10.1. The average Bonchev–Trinajstić information content (AvgIpc) is 3.33. The maximum atomic E-state index is 4.79. The molecule has 4 heteroatoms. The van der Waals surface area contributed by atoms with E-state index in [9.17, 15) is 0 Å². The highest BCUT2D eigenvalue weighted by molar-refractivity contribution is 5.60. The molecule has 0 amide bonds. The van der Waals surface area contributed by atoms with Gasteiger partial charge in [0.1, 0.15) is 5.82 Å². The summed E-state index contributed by atoms with van der Waals surface area (Å²) >= 11 is 0. The van der Waals surface area contributed by atoms with E-state index < -0.39 is 0 Å². The van der Waals surface area contributed by atoms with Gasteiger partial charge in [-0.15, -0.1) is 0 Å². The topological polar surface area (TPSA) is 49.8 Å². The van der Waals surface area contributed by atoms with Crippen LogP contribution in [0.1, 0.15) is 81.0 Å². The summed E-state index contributed by atoms with van der Waals surface area (Å²) in [5.41, 5.74) is 5.00. The van der Waals surface area contributed by atoms with Gasteiger partial charge in [0.05, 0.1) is 5.69 Å². The van der Waals surface area contributed by atoms with Crippen LogP contribution < -0.4 is 10.6 Å². The monoisotopic (exact) mass is 350 g/mol. The van der Waals surface area contributed by atoms with Crippen LogP contribution in [-0.4, -0.2) is 16.0 Å². The summed E-state index contributed by atoms with van der Waals surface area (Å²) in [6.45, 7) is 6.66. The first-order valence-corrected chi connectivity index (χ1v) is 10.1. The van der Waals surface area contributed by atoms with Crippen molar-refractivity contribution < 1.29 is 0 Å². The zero-order valence-corrected chi connectivity index (χ0v) is 16.2. The van der Waals surface area contributed by atoms with E-state index in [1.165, 1.54) is 55.3 Å². The maximum Gasteiger partial charge on any atom is 0.225 e. The number of aryl methyl sites for hydroxylation is 1. The molecular formula is C22H30N4. The SMILES string of the molecule is Cc1cc(Nc2cc(C3CC3)nc(NC3CCCC3)n2)ccc1C(C)C. The Morgan fingerprint density at radius 1 is 1.00 bits per heavy atom. The maximum absolute atomic E-state index is 4.79. The minimum atomic E-state index is 0.532. The molecule has 1 aromatic heterocycles. The Morgan fingerprint density at radius 2 is 1.77 bits per heavy atom. The number of anilines is 3. The Kier molecular flexibility index (Phi) is 4.84. The predicted octanol–water partition coefficient (Wildman–Crippen LogP) is 5.88. The zero-order chi connectivity index (χ0) is 18.1. The molecule has 2 aliphatic carbocycles. The molecule has 4 rings (SSSR count). The van der Waals surface area contributed by atoms with Gasteiger partial charge in [-0.2, -0.15) is 4.98 Å². The van der Waals surface area contributed by atoms with Gasteiger partial charge in [0.15, 0.2) is 0 Å². The standard InChI is InChI=1S/C22H30N4/c1-14(2)19-11-10-18(12-15(19)3)23-21-13-20(16-8-9-16)25-22(26-21)24-17-6-4-5-7-17/h10-14,16-17H,4-9H2,1-3H3,(H2,23,24,25,26). The third-order valence-corrected chi connectivity index (χ3v) is 5.59. The predicted molar refractivity (Wildman–Crippen MR) is 108 cm³/mol. The largest absolute Gasteiger partial charge is 0.351 e. The molecule has 0 atom stereocenters. The molecule has 0 spiro atoms. The lowest BCUT2D eigenvalue weighted by Gasteiger charge is -2.16. The van der Waals surface area contributed by atoms with E-state index in [1.54, 1.807) is 0 Å². The van der Waals surface area contributed by atoms with E-state index in [0.29, 0.717) is 17.9 Å². The van der Waals surface area contributed by atoms with Crippen molar-refractivity contribution in [2.24, 2.45) is 0 Å². The molecule has 2 aliphatic rings. The smallest absolute Gasteiger partial charge is 0.225 e. The van der Waals surface area contributed by atoms with E-state index >= 15 is 0 Å². The van der Waals surface area contributed by atoms with Gasteiger partial charge in [0.25, 0.3) is 0 Å². The second-order valence-corrected chi connectivity index (χ2v) is 8.25. The Balaban J connectivity index is 1.56. The third kappa shape index (κ3) is 4.00. The van der Waals surface area contributed by atoms with Crippen LogP contribution in [0.25, 0.3) is 0 Å². The lowest BCUT2D eigenvalue weighted by molar-refractivity contribution is 0.742. The van der Waals surface area contributed by atoms with Crippen molar-refractivity contribution in [1.82, 2.24) is 9.97 Å². The summed E-state index contributed by atoms with van der Waals surface area (Å²) in [5.74, 6) is 2.86. The van der Waals surface area contributed by atoms with Crippen molar-refractivity contribution in [1.29, 1.82) is 0 Å². The molecule has 1 aromatic carbocycles. The van der Waals surface area contributed by atoms with Crippen molar-refractivity contribution in [2.45, 2.75) is 77.2 Å². The van der Waals surface area contributed by atoms with E-state index in [4.69, 9.17) is 9.97 Å². The Morgan fingerprint density at radius 3 is 2.42 bits per heavy atom. The molecule has 2 fully saturated rings. The van der Waals surface area contributed by atoms with E-state index in [-0.39, 0.29) is 0 Å². The van der Waals surface area contributed by atoms with Crippen molar-refractivity contribution >= 4 is 17.5 Å². The Bertz CT molecular complexity index is 774. The summed E-state index contributed by atoms with van der Waals surface area (Å²) in [4.78, 5) is 9.55. The van der Waals surface area contributed by atoms with E-state index in [2.05, 4.69) is 55.7 Å². The van der Waals surface area contributed by atoms with Crippen LogP contribution in [0.2, 0.25) is 0 Å². The van der Waals surface area contributed by atoms with Gasteiger partial charge >= 0.3 is 0 Å². The molecule has 1 heterocycles. The van der Waals surface area contributed by atoms with Crippen molar-refractivity contribution in [3.63, 3.8) is 0 Å². The fraction of sp³-hybridized carbons (Fsp3) is 0.545. The van der Waals surface area contributed by atoms with Crippen LogP contribution in [0.15, 0.2) is 24.3 Å². The van der Waals surface area contributed by atoms with Crippen LogP contribution in [0.4, 0.5) is 17.5 Å². The highest BCUT2D eigenvalue weighted by Gasteiger charge is 2.27. The fourth-order valence-corrected chi connectivity index (χ4v) is 3.98. The highest BCUT2D eigenvalue weighted by Crippen LogP contribution is 2.40. The number of aromatic nitrogens is 2. The number of benzene rings is 1. The van der Waals surface area contributed by atoms with Crippen LogP contribution in [0, 0.1) is 6.92 Å². The molecule has 2 saturated carbocycles. The minimum absolute atomic E-state index is 0.532. The van der Waals surface area contributed by atoms with Gasteiger partial charge in [0.2, 0.25) is 5.95 Å². The number of hydrogen-bond donors (Lipinski definition) is 2. The summed E-state index contributed by atoms with van der Waals surface area (Å²) in [6.07, 6.45) is 7.59. The van der Waals surface area contributed by atoms with Crippen molar-refractivity contribution in [3.05, 3.63) is 41.1 Å². The van der Waals surface area contributed by atoms with Gasteiger partial charge in [-0.1, -0.05) is 32.8 Å². The molecular weight excluding hydrogens is 320 g/mol. The van der Waals surface area contributed by atoms with Gasteiger partial charge < -0.3 is 10.6 Å². The highest BCUT2D eigenvalue weighted by atomic mass is 15.2. The second kappa shape index (κ2) is 7.26. The summed E-state index contributed by atoms with van der Waals surface area (Å²) < 4.78 is 0. The van der Waals surface area contributed by atoms with E-state index in [1.807, 2.05) is 0 Å². The molecule has 2 N–H and O–H groups in total. The average molecular weight is 351 g/mol. The van der Waals surface area contributed by atoms with Gasteiger partial charge in [0, 0.05) is 23.7 Å². The van der Waals surface area contributed by atoms with Gasteiger partial charge in [-0.05, 0) is 61.8 Å². The van der Waals surface area contributed by atoms with E-state index in [0.717, 1.165) is 17.5 Å². The molecule has 0 aliphatic heterocycles.